The van der Waals surface area contributed by atoms with Gasteiger partial charge in [0.15, 0.2) is 0 Å². The van der Waals surface area contributed by atoms with Gasteiger partial charge in [-0.1, -0.05) is 30.3 Å². The summed E-state index contributed by atoms with van der Waals surface area (Å²) in [4.78, 5) is 30.1. The first-order valence-corrected chi connectivity index (χ1v) is 6.66. The lowest BCUT2D eigenvalue weighted by atomic mass is 10.2. The van der Waals surface area contributed by atoms with Crippen LogP contribution < -0.4 is 11.2 Å². The molecule has 0 aliphatic carbocycles. The lowest BCUT2D eigenvalue weighted by Gasteiger charge is -2.11. The van der Waals surface area contributed by atoms with Crippen molar-refractivity contribution >= 4 is 5.71 Å². The molecule has 0 saturated heterocycles. The lowest BCUT2D eigenvalue weighted by molar-refractivity contribution is 0.408. The summed E-state index contributed by atoms with van der Waals surface area (Å²) in [5, 5.41) is 10.3. The van der Waals surface area contributed by atoms with E-state index >= 15 is 0 Å². The highest BCUT2D eigenvalue weighted by Crippen LogP contribution is 2.13. The Bertz CT molecular complexity index is 773. The molecule has 1 aromatic heterocycles. The number of nitrogens with zero attached hydrogens (tertiary/aromatic N) is 2. The predicted octanol–water partition coefficient (Wildman–Crippen LogP) is 1.12. The molecule has 21 heavy (non-hydrogen) atoms. The van der Waals surface area contributed by atoms with E-state index in [2.05, 4.69) is 9.98 Å². The van der Waals surface area contributed by atoms with Crippen LogP contribution in [-0.2, 0) is 6.54 Å². The van der Waals surface area contributed by atoms with Crippen LogP contribution in [0.25, 0.3) is 0 Å². The molecule has 6 nitrogen and oxygen atoms in total. The minimum Gasteiger partial charge on any atom is -0.494 e. The first kappa shape index (κ1) is 14.8. The molecule has 1 heterocycles. The third kappa shape index (κ3) is 3.10. The number of aromatic hydroxyl groups is 1. The smallest absolute Gasteiger partial charge is 0.331 e. The van der Waals surface area contributed by atoms with E-state index in [0.29, 0.717) is 12.3 Å². The van der Waals surface area contributed by atoms with Gasteiger partial charge in [0.05, 0.1) is 6.54 Å². The van der Waals surface area contributed by atoms with Crippen molar-refractivity contribution in [3.8, 4) is 5.88 Å². The van der Waals surface area contributed by atoms with Gasteiger partial charge in [-0.2, -0.15) is 0 Å². The molecule has 2 rings (SSSR count). The average molecular weight is 287 g/mol. The maximum absolute atomic E-state index is 11.9. The maximum Gasteiger partial charge on any atom is 0.331 e. The van der Waals surface area contributed by atoms with Crippen LogP contribution in [0.15, 0.2) is 44.9 Å². The largest absolute Gasteiger partial charge is 0.494 e. The van der Waals surface area contributed by atoms with Crippen molar-refractivity contribution in [1.29, 1.82) is 0 Å². The third-order valence-electron chi connectivity index (χ3n) is 3.11. The summed E-state index contributed by atoms with van der Waals surface area (Å²) < 4.78 is 1.13. The average Bonchev–Trinajstić information content (AvgIpc) is 2.44. The summed E-state index contributed by atoms with van der Waals surface area (Å²) >= 11 is 0. The Morgan fingerprint density at radius 1 is 1.29 bits per heavy atom. The number of hydrogen-bond acceptors (Lipinski definition) is 4. The second-order valence-electron chi connectivity index (χ2n) is 4.59. The highest BCUT2D eigenvalue weighted by Gasteiger charge is 2.16. The highest BCUT2D eigenvalue weighted by atomic mass is 16.3. The van der Waals surface area contributed by atoms with Crippen molar-refractivity contribution < 1.29 is 5.11 Å². The topological polar surface area (TPSA) is 87.4 Å². The molecule has 110 valence electrons. The molecule has 0 spiro atoms. The number of rotatable bonds is 4. The molecule has 0 bridgehead atoms. The van der Waals surface area contributed by atoms with Gasteiger partial charge in [-0.25, -0.2) is 4.79 Å². The minimum absolute atomic E-state index is 0.0346. The standard InChI is InChI=1S/C15H17N3O3/c1-3-16-10(2)12-13(19)17-15(21)18(14(12)20)9-11-7-5-4-6-8-11/h4-8,20H,3,9H2,1-2H3,(H,17,19,21). The molecule has 0 amide bonds. The van der Waals surface area contributed by atoms with Gasteiger partial charge >= 0.3 is 5.69 Å². The Labute approximate surface area is 121 Å². The van der Waals surface area contributed by atoms with Crippen molar-refractivity contribution in [2.45, 2.75) is 20.4 Å². The number of benzene rings is 1. The molecular formula is C15H17N3O3. The molecular weight excluding hydrogens is 270 g/mol. The predicted molar refractivity (Wildman–Crippen MR) is 81.3 cm³/mol. The summed E-state index contributed by atoms with van der Waals surface area (Å²) in [6, 6.07) is 9.22. The summed E-state index contributed by atoms with van der Waals surface area (Å²) in [7, 11) is 0. The van der Waals surface area contributed by atoms with Crippen LogP contribution in [0.4, 0.5) is 0 Å². The monoisotopic (exact) mass is 287 g/mol. The highest BCUT2D eigenvalue weighted by molar-refractivity contribution is 6.00. The van der Waals surface area contributed by atoms with Gasteiger partial charge in [-0.3, -0.25) is 19.3 Å². The summed E-state index contributed by atoms with van der Waals surface area (Å²) in [6.07, 6.45) is 0. The fourth-order valence-electron chi connectivity index (χ4n) is 2.11. The number of H-pyrrole nitrogens is 1. The van der Waals surface area contributed by atoms with Gasteiger partial charge in [-0.05, 0) is 19.4 Å². The van der Waals surface area contributed by atoms with Crippen LogP contribution in [0.5, 0.6) is 5.88 Å². The maximum atomic E-state index is 11.9. The van der Waals surface area contributed by atoms with Gasteiger partial charge in [-0.15, -0.1) is 0 Å². The number of hydrogen-bond donors (Lipinski definition) is 2. The number of nitrogens with one attached hydrogen (secondary N) is 1. The molecule has 2 N–H and O–H groups in total. The molecule has 0 aliphatic heterocycles. The van der Waals surface area contributed by atoms with Gasteiger partial charge in [0.25, 0.3) is 5.56 Å². The van der Waals surface area contributed by atoms with E-state index in [1.807, 2.05) is 37.3 Å². The molecule has 0 fully saturated rings. The zero-order valence-corrected chi connectivity index (χ0v) is 12.0. The Hall–Kier alpha value is -2.63. The molecule has 0 saturated carbocycles. The van der Waals surface area contributed by atoms with E-state index in [1.165, 1.54) is 0 Å². The quantitative estimate of drug-likeness (QED) is 0.826. The molecule has 2 aromatic rings. The second kappa shape index (κ2) is 6.21. The zero-order valence-electron chi connectivity index (χ0n) is 12.0. The van der Waals surface area contributed by atoms with Crippen LogP contribution >= 0.6 is 0 Å². The first-order chi connectivity index (χ1) is 10.0. The van der Waals surface area contributed by atoms with E-state index in [-0.39, 0.29) is 18.0 Å². The van der Waals surface area contributed by atoms with Gasteiger partial charge < -0.3 is 5.11 Å². The fraction of sp³-hybridized carbons (Fsp3) is 0.267. The Morgan fingerprint density at radius 3 is 2.57 bits per heavy atom. The molecule has 0 aliphatic rings. The van der Waals surface area contributed by atoms with Crippen molar-refractivity contribution in [3.63, 3.8) is 0 Å². The van der Waals surface area contributed by atoms with E-state index in [1.54, 1.807) is 6.92 Å². The van der Waals surface area contributed by atoms with Crippen LogP contribution in [0.1, 0.15) is 25.0 Å². The van der Waals surface area contributed by atoms with Crippen LogP contribution in [0.2, 0.25) is 0 Å². The SMILES string of the molecule is CCN=C(C)c1c(O)n(Cc2ccccc2)c(=O)[nH]c1=O. The molecule has 6 heteroatoms. The minimum atomic E-state index is -0.644. The fourth-order valence-corrected chi connectivity index (χ4v) is 2.11. The normalized spacial score (nSPS) is 11.6. The molecule has 0 atom stereocenters. The number of aromatic amines is 1. The van der Waals surface area contributed by atoms with Crippen molar-refractivity contribution in [2.24, 2.45) is 4.99 Å². The van der Waals surface area contributed by atoms with E-state index in [4.69, 9.17) is 0 Å². The van der Waals surface area contributed by atoms with Crippen LogP contribution in [0, 0.1) is 0 Å². The third-order valence-corrected chi connectivity index (χ3v) is 3.11. The Morgan fingerprint density at radius 2 is 1.95 bits per heavy atom. The summed E-state index contributed by atoms with van der Waals surface area (Å²) in [5.74, 6) is -0.359. The molecule has 0 unspecified atom stereocenters. The van der Waals surface area contributed by atoms with Crippen molar-refractivity contribution in [3.05, 3.63) is 62.3 Å². The van der Waals surface area contributed by atoms with E-state index in [0.717, 1.165) is 10.1 Å². The zero-order chi connectivity index (χ0) is 15.4. The first-order valence-electron chi connectivity index (χ1n) is 6.66. The van der Waals surface area contributed by atoms with Gasteiger partial charge in [0.1, 0.15) is 5.56 Å². The number of aromatic nitrogens is 2. The lowest BCUT2D eigenvalue weighted by Crippen LogP contribution is -2.33. The summed E-state index contributed by atoms with van der Waals surface area (Å²) in [6.45, 7) is 4.12. The van der Waals surface area contributed by atoms with Gasteiger partial charge in [0, 0.05) is 12.3 Å². The van der Waals surface area contributed by atoms with Gasteiger partial charge in [0.2, 0.25) is 5.88 Å². The van der Waals surface area contributed by atoms with E-state index in [9.17, 15) is 14.7 Å². The Kier molecular flexibility index (Phi) is 4.37. The van der Waals surface area contributed by atoms with Crippen LogP contribution in [0.3, 0.4) is 0 Å². The number of aliphatic imine (C=N–C) groups is 1. The molecule has 0 radical (unpaired) electrons. The van der Waals surface area contributed by atoms with Crippen molar-refractivity contribution in [1.82, 2.24) is 9.55 Å². The van der Waals surface area contributed by atoms with Crippen molar-refractivity contribution in [2.75, 3.05) is 6.54 Å². The summed E-state index contributed by atoms with van der Waals surface area (Å²) in [5.41, 5.74) is 0.00865. The second-order valence-corrected chi connectivity index (χ2v) is 4.59. The molecule has 1 aromatic carbocycles. The van der Waals surface area contributed by atoms with Crippen LogP contribution in [-0.4, -0.2) is 26.9 Å². The Balaban J connectivity index is 2.57. The van der Waals surface area contributed by atoms with E-state index < -0.39 is 11.2 Å².